The maximum Gasteiger partial charge on any atom is 0.0488 e. The van der Waals surface area contributed by atoms with E-state index in [1.807, 2.05) is 0 Å². The van der Waals surface area contributed by atoms with Crippen molar-refractivity contribution in [2.45, 2.75) is 33.7 Å². The fourth-order valence-corrected chi connectivity index (χ4v) is 2.89. The van der Waals surface area contributed by atoms with Gasteiger partial charge in [0.25, 0.3) is 0 Å². The van der Waals surface area contributed by atoms with Crippen molar-refractivity contribution in [1.29, 1.82) is 0 Å². The molecule has 0 aromatic heterocycles. The van der Waals surface area contributed by atoms with E-state index in [4.69, 9.17) is 0 Å². The van der Waals surface area contributed by atoms with Gasteiger partial charge in [-0.1, -0.05) is 39.7 Å². The van der Waals surface area contributed by atoms with Crippen molar-refractivity contribution in [3.05, 3.63) is 63.1 Å². The molecule has 0 fully saturated rings. The molecule has 2 aromatic rings. The van der Waals surface area contributed by atoms with Gasteiger partial charge in [-0.15, -0.1) is 0 Å². The molecule has 0 aliphatic heterocycles. The highest BCUT2D eigenvalue weighted by Gasteiger charge is 2.09. The molecule has 0 heterocycles. The summed E-state index contributed by atoms with van der Waals surface area (Å²) in [6.07, 6.45) is 0. The molecular formula is C17H20BrN. The molecule has 2 rings (SSSR count). The summed E-state index contributed by atoms with van der Waals surface area (Å²) < 4.78 is 1.12. The van der Waals surface area contributed by atoms with Crippen molar-refractivity contribution in [3.8, 4) is 0 Å². The molecule has 2 aromatic carbocycles. The largest absolute Gasteiger partial charge is 0.378 e. The van der Waals surface area contributed by atoms with Gasteiger partial charge in [-0.2, -0.15) is 0 Å². The lowest BCUT2D eigenvalue weighted by molar-refractivity contribution is 0.871. The third kappa shape index (κ3) is 3.38. The van der Waals surface area contributed by atoms with Crippen LogP contribution in [0.2, 0.25) is 0 Å². The van der Waals surface area contributed by atoms with E-state index in [2.05, 4.69) is 85.3 Å². The fraction of sp³-hybridized carbons (Fsp3) is 0.294. The minimum atomic E-state index is 0.306. The zero-order valence-electron chi connectivity index (χ0n) is 11.9. The second-order valence-corrected chi connectivity index (χ2v) is 6.10. The summed E-state index contributed by atoms with van der Waals surface area (Å²) in [7, 11) is 0. The molecule has 1 N–H and O–H groups in total. The lowest BCUT2D eigenvalue weighted by Gasteiger charge is -2.20. The summed E-state index contributed by atoms with van der Waals surface area (Å²) in [5.74, 6) is 0. The molecule has 2 heteroatoms. The van der Waals surface area contributed by atoms with Crippen molar-refractivity contribution < 1.29 is 0 Å². The predicted molar refractivity (Wildman–Crippen MR) is 86.8 cm³/mol. The van der Waals surface area contributed by atoms with Gasteiger partial charge in [-0.05, 0) is 62.6 Å². The Morgan fingerprint density at radius 1 is 0.947 bits per heavy atom. The quantitative estimate of drug-likeness (QED) is 0.782. The molecule has 0 radical (unpaired) electrons. The van der Waals surface area contributed by atoms with E-state index in [1.165, 1.54) is 27.9 Å². The monoisotopic (exact) mass is 317 g/mol. The average Bonchev–Trinajstić information content (AvgIpc) is 2.32. The maximum absolute atomic E-state index is 3.59. The second kappa shape index (κ2) is 5.79. The number of halogens is 1. The van der Waals surface area contributed by atoms with E-state index in [0.29, 0.717) is 6.04 Å². The molecule has 0 saturated carbocycles. The summed E-state index contributed by atoms with van der Waals surface area (Å²) in [6, 6.07) is 13.3. The van der Waals surface area contributed by atoms with Crippen LogP contribution in [0, 0.1) is 20.8 Å². The van der Waals surface area contributed by atoms with E-state index in [1.54, 1.807) is 0 Å². The Morgan fingerprint density at radius 3 is 2.32 bits per heavy atom. The van der Waals surface area contributed by atoms with E-state index in [9.17, 15) is 0 Å². The summed E-state index contributed by atoms with van der Waals surface area (Å²) >= 11 is 3.50. The minimum Gasteiger partial charge on any atom is -0.378 e. The first kappa shape index (κ1) is 14.1. The van der Waals surface area contributed by atoms with Crippen LogP contribution in [0.25, 0.3) is 0 Å². The van der Waals surface area contributed by atoms with Gasteiger partial charge in [0, 0.05) is 16.2 Å². The van der Waals surface area contributed by atoms with Crippen LogP contribution in [-0.2, 0) is 0 Å². The highest BCUT2D eigenvalue weighted by Crippen LogP contribution is 2.26. The van der Waals surface area contributed by atoms with Gasteiger partial charge in [-0.3, -0.25) is 0 Å². The van der Waals surface area contributed by atoms with E-state index >= 15 is 0 Å². The minimum absolute atomic E-state index is 0.306. The van der Waals surface area contributed by atoms with Crippen molar-refractivity contribution in [3.63, 3.8) is 0 Å². The van der Waals surface area contributed by atoms with Gasteiger partial charge in [0.1, 0.15) is 0 Å². The van der Waals surface area contributed by atoms with Crippen LogP contribution in [0.3, 0.4) is 0 Å². The Balaban J connectivity index is 2.23. The Bertz CT molecular complexity index is 590. The van der Waals surface area contributed by atoms with Crippen molar-refractivity contribution in [2.24, 2.45) is 0 Å². The lowest BCUT2D eigenvalue weighted by atomic mass is 10.00. The van der Waals surface area contributed by atoms with Gasteiger partial charge < -0.3 is 5.32 Å². The van der Waals surface area contributed by atoms with Crippen LogP contribution in [-0.4, -0.2) is 0 Å². The summed E-state index contributed by atoms with van der Waals surface area (Å²) in [5, 5.41) is 3.59. The van der Waals surface area contributed by atoms with Gasteiger partial charge >= 0.3 is 0 Å². The van der Waals surface area contributed by atoms with Crippen LogP contribution < -0.4 is 5.32 Å². The highest BCUT2D eigenvalue weighted by molar-refractivity contribution is 9.10. The second-order valence-electron chi connectivity index (χ2n) is 5.19. The molecule has 0 aliphatic rings. The SMILES string of the molecule is Cc1ccc(C(C)Nc2ccc(Br)cc2C)c(C)c1. The number of aryl methyl sites for hydroxylation is 3. The number of hydrogen-bond donors (Lipinski definition) is 1. The van der Waals surface area contributed by atoms with E-state index < -0.39 is 0 Å². The Hall–Kier alpha value is -1.28. The molecule has 1 unspecified atom stereocenters. The maximum atomic E-state index is 3.59. The number of rotatable bonds is 3. The highest BCUT2D eigenvalue weighted by atomic mass is 79.9. The molecule has 0 aliphatic carbocycles. The Labute approximate surface area is 124 Å². The third-order valence-electron chi connectivity index (χ3n) is 3.45. The Kier molecular flexibility index (Phi) is 4.31. The summed E-state index contributed by atoms with van der Waals surface area (Å²) in [6.45, 7) is 8.64. The number of benzene rings is 2. The first-order chi connectivity index (χ1) is 8.97. The van der Waals surface area contributed by atoms with Crippen molar-refractivity contribution in [1.82, 2.24) is 0 Å². The number of hydrogen-bond acceptors (Lipinski definition) is 1. The average molecular weight is 318 g/mol. The first-order valence-corrected chi connectivity index (χ1v) is 7.36. The van der Waals surface area contributed by atoms with Crippen LogP contribution in [0.15, 0.2) is 40.9 Å². The molecule has 0 spiro atoms. The topological polar surface area (TPSA) is 12.0 Å². The Morgan fingerprint density at radius 2 is 1.68 bits per heavy atom. The summed E-state index contributed by atoms with van der Waals surface area (Å²) in [4.78, 5) is 0. The number of nitrogens with one attached hydrogen (secondary N) is 1. The molecular weight excluding hydrogens is 298 g/mol. The van der Waals surface area contributed by atoms with Crippen molar-refractivity contribution in [2.75, 3.05) is 5.32 Å². The third-order valence-corrected chi connectivity index (χ3v) is 3.95. The smallest absolute Gasteiger partial charge is 0.0488 e. The van der Waals surface area contributed by atoms with Gasteiger partial charge in [0.2, 0.25) is 0 Å². The van der Waals surface area contributed by atoms with E-state index in [0.717, 1.165) is 4.47 Å². The molecule has 1 nitrogen and oxygen atoms in total. The normalized spacial score (nSPS) is 12.3. The molecule has 0 saturated heterocycles. The van der Waals surface area contributed by atoms with Crippen molar-refractivity contribution >= 4 is 21.6 Å². The first-order valence-electron chi connectivity index (χ1n) is 6.57. The standard InChI is InChI=1S/C17H20BrN/c1-11-5-7-16(12(2)9-11)14(4)19-17-8-6-15(18)10-13(17)3/h5-10,14,19H,1-4H3. The fourth-order valence-electron chi connectivity index (χ4n) is 2.41. The molecule has 0 bridgehead atoms. The predicted octanol–water partition coefficient (Wildman–Crippen LogP) is 5.55. The van der Waals surface area contributed by atoms with Crippen LogP contribution in [0.1, 0.15) is 35.2 Å². The molecule has 100 valence electrons. The van der Waals surface area contributed by atoms with Gasteiger partial charge in [-0.25, -0.2) is 0 Å². The zero-order chi connectivity index (χ0) is 14.0. The molecule has 19 heavy (non-hydrogen) atoms. The summed E-state index contributed by atoms with van der Waals surface area (Å²) in [5.41, 5.74) is 6.46. The van der Waals surface area contributed by atoms with Crippen LogP contribution in [0.4, 0.5) is 5.69 Å². The van der Waals surface area contributed by atoms with Gasteiger partial charge in [0.05, 0.1) is 0 Å². The van der Waals surface area contributed by atoms with Gasteiger partial charge in [0.15, 0.2) is 0 Å². The van der Waals surface area contributed by atoms with Crippen LogP contribution >= 0.6 is 15.9 Å². The molecule has 0 amide bonds. The number of anilines is 1. The van der Waals surface area contributed by atoms with E-state index in [-0.39, 0.29) is 0 Å². The molecule has 1 atom stereocenters. The lowest BCUT2D eigenvalue weighted by Crippen LogP contribution is -2.09. The zero-order valence-corrected chi connectivity index (χ0v) is 13.5. The van der Waals surface area contributed by atoms with Crippen LogP contribution in [0.5, 0.6) is 0 Å².